The van der Waals surface area contributed by atoms with Crippen LogP contribution >= 0.6 is 0 Å². The molecule has 5 atom stereocenters. The molecule has 2 rings (SSSR count). The Kier molecular flexibility index (Phi) is 3.63. The van der Waals surface area contributed by atoms with E-state index in [1.165, 1.54) is 38.5 Å². The third-order valence-electron chi connectivity index (χ3n) is 5.59. The lowest BCUT2D eigenvalue weighted by Gasteiger charge is -2.45. The molecule has 0 aromatic rings. The fourth-order valence-corrected chi connectivity index (χ4v) is 4.78. The van der Waals surface area contributed by atoms with Crippen LogP contribution in [0, 0.1) is 23.2 Å². The highest BCUT2D eigenvalue weighted by Crippen LogP contribution is 2.58. The molecular weight excluding hydrogens is 196 g/mol. The van der Waals surface area contributed by atoms with Gasteiger partial charge in [0, 0.05) is 0 Å². The fourth-order valence-electron chi connectivity index (χ4n) is 4.78. The lowest BCUT2D eigenvalue weighted by Crippen LogP contribution is -2.41. The highest BCUT2D eigenvalue weighted by atomic mass is 16.3. The molecule has 1 unspecified atom stereocenters. The van der Waals surface area contributed by atoms with Crippen LogP contribution in [0.15, 0.2) is 0 Å². The van der Waals surface area contributed by atoms with Crippen molar-refractivity contribution < 1.29 is 5.11 Å². The summed E-state index contributed by atoms with van der Waals surface area (Å²) >= 11 is 0. The molecule has 2 fully saturated rings. The second-order valence-electron chi connectivity index (χ2n) is 6.52. The van der Waals surface area contributed by atoms with Crippen LogP contribution in [0.3, 0.4) is 0 Å². The lowest BCUT2D eigenvalue weighted by atomic mass is 9.61. The van der Waals surface area contributed by atoms with Crippen molar-refractivity contribution in [3.8, 4) is 0 Å². The van der Waals surface area contributed by atoms with Gasteiger partial charge in [0.2, 0.25) is 0 Å². The molecule has 0 saturated heterocycles. The molecule has 2 aliphatic carbocycles. The summed E-state index contributed by atoms with van der Waals surface area (Å²) in [6, 6.07) is 0. The van der Waals surface area contributed by atoms with Gasteiger partial charge in [0.25, 0.3) is 0 Å². The Labute approximate surface area is 101 Å². The first-order valence-electron chi connectivity index (χ1n) is 7.27. The maximum absolute atomic E-state index is 10.2. The molecule has 0 heterocycles. The van der Waals surface area contributed by atoms with Gasteiger partial charge in [0.15, 0.2) is 0 Å². The van der Waals surface area contributed by atoms with Crippen LogP contribution in [0.1, 0.15) is 65.7 Å². The molecule has 1 heteroatoms. The van der Waals surface area contributed by atoms with Gasteiger partial charge in [-0.3, -0.25) is 0 Å². The topological polar surface area (TPSA) is 20.2 Å². The molecule has 2 saturated carbocycles. The lowest BCUT2D eigenvalue weighted by molar-refractivity contribution is -0.0276. The van der Waals surface area contributed by atoms with Gasteiger partial charge in [-0.05, 0) is 48.9 Å². The van der Waals surface area contributed by atoms with Gasteiger partial charge in [0.05, 0.1) is 6.10 Å². The molecule has 0 radical (unpaired) electrons. The second-order valence-corrected chi connectivity index (χ2v) is 6.52. The van der Waals surface area contributed by atoms with Crippen molar-refractivity contribution in [1.82, 2.24) is 0 Å². The van der Waals surface area contributed by atoms with Gasteiger partial charge in [-0.15, -0.1) is 0 Å². The van der Waals surface area contributed by atoms with E-state index in [0.717, 1.165) is 18.3 Å². The van der Waals surface area contributed by atoms with E-state index in [1.54, 1.807) is 0 Å². The minimum atomic E-state index is -0.00224. The SMILES string of the molecule is CCC[C@@H](C)[C@H]1CCC2[C@@H](O)CCC[C@@]21C. The minimum Gasteiger partial charge on any atom is -0.393 e. The van der Waals surface area contributed by atoms with E-state index in [4.69, 9.17) is 0 Å². The zero-order valence-corrected chi connectivity index (χ0v) is 11.2. The third-order valence-corrected chi connectivity index (χ3v) is 5.59. The van der Waals surface area contributed by atoms with E-state index in [2.05, 4.69) is 20.8 Å². The zero-order valence-electron chi connectivity index (χ0n) is 11.2. The fraction of sp³-hybridized carbons (Fsp3) is 1.00. The number of fused-ring (bicyclic) bond motifs is 1. The Hall–Kier alpha value is -0.0400. The Morgan fingerprint density at radius 2 is 2.06 bits per heavy atom. The van der Waals surface area contributed by atoms with Crippen LogP contribution in [-0.2, 0) is 0 Å². The average Bonchev–Trinajstić information content (AvgIpc) is 2.57. The minimum absolute atomic E-state index is 0.00224. The van der Waals surface area contributed by atoms with Crippen LogP contribution < -0.4 is 0 Å². The van der Waals surface area contributed by atoms with Crippen molar-refractivity contribution in [2.45, 2.75) is 71.8 Å². The molecule has 0 amide bonds. The van der Waals surface area contributed by atoms with E-state index in [9.17, 15) is 5.11 Å². The Morgan fingerprint density at radius 1 is 1.31 bits per heavy atom. The predicted molar refractivity (Wildman–Crippen MR) is 68.3 cm³/mol. The Balaban J connectivity index is 2.11. The van der Waals surface area contributed by atoms with Crippen molar-refractivity contribution in [1.29, 1.82) is 0 Å². The monoisotopic (exact) mass is 224 g/mol. The first kappa shape index (κ1) is 12.4. The maximum Gasteiger partial charge on any atom is 0.0573 e. The quantitative estimate of drug-likeness (QED) is 0.768. The van der Waals surface area contributed by atoms with Crippen molar-refractivity contribution >= 4 is 0 Å². The summed E-state index contributed by atoms with van der Waals surface area (Å²) < 4.78 is 0. The first-order chi connectivity index (χ1) is 7.59. The van der Waals surface area contributed by atoms with Crippen molar-refractivity contribution in [2.75, 3.05) is 0 Å². The zero-order chi connectivity index (χ0) is 11.8. The van der Waals surface area contributed by atoms with Crippen molar-refractivity contribution in [3.05, 3.63) is 0 Å². The van der Waals surface area contributed by atoms with E-state index in [0.29, 0.717) is 11.3 Å². The number of aliphatic hydroxyl groups excluding tert-OH is 1. The van der Waals surface area contributed by atoms with Gasteiger partial charge in [-0.25, -0.2) is 0 Å². The number of rotatable bonds is 3. The maximum atomic E-state index is 10.2. The van der Waals surface area contributed by atoms with Gasteiger partial charge in [0.1, 0.15) is 0 Å². The Bertz CT molecular complexity index is 238. The summed E-state index contributed by atoms with van der Waals surface area (Å²) in [6.07, 6.45) is 8.95. The van der Waals surface area contributed by atoms with Crippen LogP contribution in [0.2, 0.25) is 0 Å². The molecule has 0 aromatic carbocycles. The molecule has 2 aliphatic rings. The Morgan fingerprint density at radius 3 is 2.75 bits per heavy atom. The summed E-state index contributed by atoms with van der Waals surface area (Å²) in [5.41, 5.74) is 0.451. The predicted octanol–water partition coefficient (Wildman–Crippen LogP) is 4.00. The summed E-state index contributed by atoms with van der Waals surface area (Å²) in [4.78, 5) is 0. The normalized spacial score (nSPS) is 45.4. The van der Waals surface area contributed by atoms with Gasteiger partial charge < -0.3 is 5.11 Å². The van der Waals surface area contributed by atoms with E-state index in [-0.39, 0.29) is 6.10 Å². The molecule has 1 N–H and O–H groups in total. The standard InChI is InChI=1S/C15H28O/c1-4-6-11(2)12-8-9-13-14(16)7-5-10-15(12,13)3/h11-14,16H,4-10H2,1-3H3/t11-,12-,13?,14+,15-/m1/s1. The third kappa shape index (κ3) is 1.92. The van der Waals surface area contributed by atoms with E-state index in [1.807, 2.05) is 0 Å². The first-order valence-corrected chi connectivity index (χ1v) is 7.27. The summed E-state index contributed by atoms with van der Waals surface area (Å²) in [5.74, 6) is 2.32. The molecule has 16 heavy (non-hydrogen) atoms. The molecule has 94 valence electrons. The van der Waals surface area contributed by atoms with Crippen LogP contribution in [0.25, 0.3) is 0 Å². The van der Waals surface area contributed by atoms with Crippen LogP contribution in [-0.4, -0.2) is 11.2 Å². The van der Waals surface area contributed by atoms with E-state index >= 15 is 0 Å². The smallest absolute Gasteiger partial charge is 0.0573 e. The molecule has 0 aliphatic heterocycles. The van der Waals surface area contributed by atoms with Crippen LogP contribution in [0.4, 0.5) is 0 Å². The highest BCUT2D eigenvalue weighted by molar-refractivity contribution is 5.01. The van der Waals surface area contributed by atoms with Crippen molar-refractivity contribution in [2.24, 2.45) is 23.2 Å². The molecular formula is C15H28O. The second kappa shape index (κ2) is 4.68. The summed E-state index contributed by atoms with van der Waals surface area (Å²) in [6.45, 7) is 7.19. The largest absolute Gasteiger partial charge is 0.393 e. The van der Waals surface area contributed by atoms with Gasteiger partial charge in [-0.1, -0.05) is 40.0 Å². The summed E-state index contributed by atoms with van der Waals surface area (Å²) in [7, 11) is 0. The number of hydrogen-bond donors (Lipinski definition) is 1. The average molecular weight is 224 g/mol. The van der Waals surface area contributed by atoms with Crippen molar-refractivity contribution in [3.63, 3.8) is 0 Å². The van der Waals surface area contributed by atoms with Gasteiger partial charge >= 0.3 is 0 Å². The molecule has 0 spiro atoms. The summed E-state index contributed by atoms with van der Waals surface area (Å²) in [5, 5.41) is 10.2. The molecule has 0 aromatic heterocycles. The number of hydrogen-bond acceptors (Lipinski definition) is 1. The van der Waals surface area contributed by atoms with Gasteiger partial charge in [-0.2, -0.15) is 0 Å². The number of aliphatic hydroxyl groups is 1. The van der Waals surface area contributed by atoms with E-state index < -0.39 is 0 Å². The molecule has 1 nitrogen and oxygen atoms in total. The van der Waals surface area contributed by atoms with Crippen LogP contribution in [0.5, 0.6) is 0 Å². The highest BCUT2D eigenvalue weighted by Gasteiger charge is 2.51. The molecule has 0 bridgehead atoms.